The topological polar surface area (TPSA) is 38.3 Å². The van der Waals surface area contributed by atoms with E-state index in [1.54, 1.807) is 6.92 Å². The van der Waals surface area contributed by atoms with Crippen molar-refractivity contribution in [2.45, 2.75) is 46.0 Å². The molecule has 3 heteroatoms. The van der Waals surface area contributed by atoms with Crippen molar-refractivity contribution >= 4 is 11.8 Å². The van der Waals surface area contributed by atoms with E-state index in [1.165, 1.54) is 24.8 Å². The minimum absolute atomic E-state index is 0.376. The number of rotatable bonds is 7. The Morgan fingerprint density at radius 2 is 1.94 bits per heavy atom. The van der Waals surface area contributed by atoms with Crippen LogP contribution in [0, 0.1) is 0 Å². The molecule has 0 spiro atoms. The first-order valence-corrected chi connectivity index (χ1v) is 6.79. The van der Waals surface area contributed by atoms with Crippen molar-refractivity contribution in [2.24, 2.45) is 0 Å². The standard InChI is InChI=1S/C15H23NO2/c1-3-5-6-7-10-13-11-8-9-12-14(13)16-15(17)18-4-2/h8-9,11-12H,3-7,10H2,1-2H3,(H,16,17). The summed E-state index contributed by atoms with van der Waals surface area (Å²) >= 11 is 0. The number of hydrogen-bond acceptors (Lipinski definition) is 2. The summed E-state index contributed by atoms with van der Waals surface area (Å²) in [6.45, 7) is 4.40. The maximum Gasteiger partial charge on any atom is 0.411 e. The average Bonchev–Trinajstić information content (AvgIpc) is 2.37. The first-order chi connectivity index (χ1) is 8.77. The molecule has 1 amide bonds. The van der Waals surface area contributed by atoms with E-state index in [2.05, 4.69) is 18.3 Å². The van der Waals surface area contributed by atoms with E-state index in [0.717, 1.165) is 18.5 Å². The van der Waals surface area contributed by atoms with E-state index in [9.17, 15) is 4.79 Å². The molecule has 0 aromatic heterocycles. The highest BCUT2D eigenvalue weighted by Gasteiger charge is 2.06. The van der Waals surface area contributed by atoms with E-state index in [4.69, 9.17) is 4.74 Å². The van der Waals surface area contributed by atoms with Crippen LogP contribution in [0.3, 0.4) is 0 Å². The van der Waals surface area contributed by atoms with E-state index in [1.807, 2.05) is 18.2 Å². The van der Waals surface area contributed by atoms with Gasteiger partial charge in [0.1, 0.15) is 0 Å². The number of carbonyl (C=O) groups is 1. The number of benzene rings is 1. The highest BCUT2D eigenvalue weighted by molar-refractivity contribution is 5.85. The molecule has 0 aliphatic rings. The van der Waals surface area contributed by atoms with Gasteiger partial charge in [-0.3, -0.25) is 5.32 Å². The minimum Gasteiger partial charge on any atom is -0.450 e. The van der Waals surface area contributed by atoms with Gasteiger partial charge in [0.15, 0.2) is 0 Å². The van der Waals surface area contributed by atoms with Crippen LogP contribution in [-0.2, 0) is 11.2 Å². The van der Waals surface area contributed by atoms with Gasteiger partial charge in [0, 0.05) is 5.69 Å². The second kappa shape index (κ2) is 8.56. The van der Waals surface area contributed by atoms with Crippen molar-refractivity contribution in [1.82, 2.24) is 0 Å². The van der Waals surface area contributed by atoms with Gasteiger partial charge in [-0.1, -0.05) is 44.4 Å². The number of ether oxygens (including phenoxy) is 1. The monoisotopic (exact) mass is 249 g/mol. The van der Waals surface area contributed by atoms with Crippen molar-refractivity contribution in [3.8, 4) is 0 Å². The predicted octanol–water partition coefficient (Wildman–Crippen LogP) is 4.38. The minimum atomic E-state index is -0.376. The zero-order chi connectivity index (χ0) is 13.2. The second-order valence-electron chi connectivity index (χ2n) is 4.31. The molecule has 0 atom stereocenters. The molecule has 1 aromatic rings. The number of anilines is 1. The zero-order valence-electron chi connectivity index (χ0n) is 11.4. The molecule has 1 aromatic carbocycles. The van der Waals surface area contributed by atoms with Crippen molar-refractivity contribution in [2.75, 3.05) is 11.9 Å². The quantitative estimate of drug-likeness (QED) is 0.728. The molecule has 0 unspecified atom stereocenters. The van der Waals surface area contributed by atoms with E-state index in [-0.39, 0.29) is 6.09 Å². The number of aryl methyl sites for hydroxylation is 1. The number of unbranched alkanes of at least 4 members (excludes halogenated alkanes) is 3. The summed E-state index contributed by atoms with van der Waals surface area (Å²) in [6.07, 6.45) is 5.54. The molecule has 100 valence electrons. The maximum absolute atomic E-state index is 11.4. The smallest absolute Gasteiger partial charge is 0.411 e. The Labute approximate surface area is 110 Å². The summed E-state index contributed by atoms with van der Waals surface area (Å²) in [6, 6.07) is 7.92. The lowest BCUT2D eigenvalue weighted by Gasteiger charge is -2.10. The molecule has 1 N–H and O–H groups in total. The molecule has 0 bridgehead atoms. The Kier molecular flexibility index (Phi) is 6.92. The molecular formula is C15H23NO2. The highest BCUT2D eigenvalue weighted by atomic mass is 16.5. The van der Waals surface area contributed by atoms with Crippen LogP contribution in [0.4, 0.5) is 10.5 Å². The van der Waals surface area contributed by atoms with Crippen LogP contribution in [-0.4, -0.2) is 12.7 Å². The molecule has 3 nitrogen and oxygen atoms in total. The summed E-state index contributed by atoms with van der Waals surface area (Å²) in [4.78, 5) is 11.4. The largest absolute Gasteiger partial charge is 0.450 e. The zero-order valence-corrected chi connectivity index (χ0v) is 11.4. The third-order valence-electron chi connectivity index (χ3n) is 2.83. The summed E-state index contributed by atoms with van der Waals surface area (Å²) in [5.74, 6) is 0. The summed E-state index contributed by atoms with van der Waals surface area (Å²) in [5, 5.41) is 2.79. The molecule has 0 aliphatic heterocycles. The van der Waals surface area contributed by atoms with E-state index >= 15 is 0 Å². The van der Waals surface area contributed by atoms with Gasteiger partial charge >= 0.3 is 6.09 Å². The molecule has 0 fully saturated rings. The van der Waals surface area contributed by atoms with Crippen molar-refractivity contribution in [3.05, 3.63) is 29.8 Å². The van der Waals surface area contributed by atoms with Gasteiger partial charge in [-0.15, -0.1) is 0 Å². The summed E-state index contributed by atoms with van der Waals surface area (Å²) in [7, 11) is 0. The molecule has 0 radical (unpaired) electrons. The van der Waals surface area contributed by atoms with Gasteiger partial charge < -0.3 is 4.74 Å². The predicted molar refractivity (Wildman–Crippen MR) is 74.9 cm³/mol. The van der Waals surface area contributed by atoms with Crippen LogP contribution in [0.2, 0.25) is 0 Å². The fraction of sp³-hybridized carbons (Fsp3) is 0.533. The highest BCUT2D eigenvalue weighted by Crippen LogP contribution is 2.18. The number of amides is 1. The molecule has 18 heavy (non-hydrogen) atoms. The van der Waals surface area contributed by atoms with Gasteiger partial charge in [-0.05, 0) is 31.4 Å². The van der Waals surface area contributed by atoms with Gasteiger partial charge in [-0.25, -0.2) is 4.79 Å². The van der Waals surface area contributed by atoms with Gasteiger partial charge in [0.05, 0.1) is 6.61 Å². The fourth-order valence-electron chi connectivity index (χ4n) is 1.88. The number of hydrogen-bond donors (Lipinski definition) is 1. The second-order valence-corrected chi connectivity index (χ2v) is 4.31. The Hall–Kier alpha value is -1.51. The molecular weight excluding hydrogens is 226 g/mol. The van der Waals surface area contributed by atoms with E-state index < -0.39 is 0 Å². The Balaban J connectivity index is 2.53. The van der Waals surface area contributed by atoms with Crippen LogP contribution >= 0.6 is 0 Å². The van der Waals surface area contributed by atoms with Crippen LogP contribution in [0.1, 0.15) is 45.1 Å². The SMILES string of the molecule is CCCCCCc1ccccc1NC(=O)OCC. The number of nitrogens with one attached hydrogen (secondary N) is 1. The van der Waals surface area contributed by atoms with Crippen LogP contribution in [0.25, 0.3) is 0 Å². The Bertz CT molecular complexity index is 363. The van der Waals surface area contributed by atoms with Gasteiger partial charge in [0.2, 0.25) is 0 Å². The first kappa shape index (κ1) is 14.6. The van der Waals surface area contributed by atoms with Gasteiger partial charge in [-0.2, -0.15) is 0 Å². The van der Waals surface area contributed by atoms with Crippen LogP contribution in [0.5, 0.6) is 0 Å². The van der Waals surface area contributed by atoms with Crippen LogP contribution in [0.15, 0.2) is 24.3 Å². The summed E-state index contributed by atoms with van der Waals surface area (Å²) in [5.41, 5.74) is 2.05. The summed E-state index contributed by atoms with van der Waals surface area (Å²) < 4.78 is 4.89. The maximum atomic E-state index is 11.4. The lowest BCUT2D eigenvalue weighted by atomic mass is 10.0. The normalized spacial score (nSPS) is 10.1. The average molecular weight is 249 g/mol. The Morgan fingerprint density at radius 1 is 1.17 bits per heavy atom. The van der Waals surface area contributed by atoms with Crippen molar-refractivity contribution in [1.29, 1.82) is 0 Å². The van der Waals surface area contributed by atoms with Crippen molar-refractivity contribution in [3.63, 3.8) is 0 Å². The first-order valence-electron chi connectivity index (χ1n) is 6.79. The fourth-order valence-corrected chi connectivity index (χ4v) is 1.88. The molecule has 0 saturated carbocycles. The molecule has 1 rings (SSSR count). The van der Waals surface area contributed by atoms with Crippen molar-refractivity contribution < 1.29 is 9.53 Å². The Morgan fingerprint density at radius 3 is 2.67 bits per heavy atom. The van der Waals surface area contributed by atoms with Gasteiger partial charge in [0.25, 0.3) is 0 Å². The van der Waals surface area contributed by atoms with Crippen LogP contribution < -0.4 is 5.32 Å². The lowest BCUT2D eigenvalue weighted by Crippen LogP contribution is -2.14. The van der Waals surface area contributed by atoms with E-state index in [0.29, 0.717) is 6.61 Å². The molecule has 0 aliphatic carbocycles. The molecule has 0 saturated heterocycles. The third-order valence-corrected chi connectivity index (χ3v) is 2.83. The lowest BCUT2D eigenvalue weighted by molar-refractivity contribution is 0.168. The third kappa shape index (κ3) is 5.21. The number of carbonyl (C=O) groups excluding carboxylic acids is 1. The number of para-hydroxylation sites is 1. The molecule has 0 heterocycles.